The van der Waals surface area contributed by atoms with Crippen LogP contribution in [0.5, 0.6) is 0 Å². The standard InChI is InChI=1S/C21H24N4O3S2/c1-16(17-6-8-19(9-7-17)24-12-10-22-15-24)23-21(26)18-4-2-11-25(14-18)30(27,28)20-5-3-13-29-20/h3,5-10,12-13,15-16,18H,2,4,11,14H2,1H3,(H,23,26)/t16-,18+/m0/s1. The Labute approximate surface area is 180 Å². The highest BCUT2D eigenvalue weighted by Gasteiger charge is 2.34. The van der Waals surface area contributed by atoms with E-state index in [1.807, 2.05) is 42.0 Å². The molecule has 1 amide bonds. The first-order valence-corrected chi connectivity index (χ1v) is 12.2. The summed E-state index contributed by atoms with van der Waals surface area (Å²) in [6, 6.07) is 11.1. The number of carbonyl (C=O) groups is 1. The predicted molar refractivity (Wildman–Crippen MR) is 116 cm³/mol. The molecule has 1 saturated heterocycles. The summed E-state index contributed by atoms with van der Waals surface area (Å²) in [5, 5.41) is 4.80. The van der Waals surface area contributed by atoms with Crippen LogP contribution in [0.3, 0.4) is 0 Å². The van der Waals surface area contributed by atoms with Gasteiger partial charge in [-0.2, -0.15) is 4.31 Å². The van der Waals surface area contributed by atoms with Crippen LogP contribution in [0.1, 0.15) is 31.4 Å². The van der Waals surface area contributed by atoms with Gasteiger partial charge in [0.05, 0.1) is 18.3 Å². The van der Waals surface area contributed by atoms with Crippen molar-refractivity contribution in [3.05, 3.63) is 66.1 Å². The number of benzene rings is 1. The summed E-state index contributed by atoms with van der Waals surface area (Å²) < 4.78 is 29.3. The zero-order valence-corrected chi connectivity index (χ0v) is 18.3. The van der Waals surface area contributed by atoms with Gasteiger partial charge in [-0.1, -0.05) is 18.2 Å². The van der Waals surface area contributed by atoms with Crippen molar-refractivity contribution in [2.75, 3.05) is 13.1 Å². The van der Waals surface area contributed by atoms with E-state index < -0.39 is 10.0 Å². The van der Waals surface area contributed by atoms with E-state index in [0.29, 0.717) is 23.6 Å². The molecule has 7 nitrogen and oxygen atoms in total. The Balaban J connectivity index is 1.39. The SMILES string of the molecule is C[C@H](NC(=O)[C@@H]1CCCN(S(=O)(=O)c2cccs2)C1)c1ccc(-n2ccnc2)cc1. The molecule has 0 aliphatic carbocycles. The van der Waals surface area contributed by atoms with Gasteiger partial charge < -0.3 is 9.88 Å². The van der Waals surface area contributed by atoms with Crippen molar-refractivity contribution in [3.8, 4) is 5.69 Å². The van der Waals surface area contributed by atoms with Gasteiger partial charge in [0.1, 0.15) is 4.21 Å². The lowest BCUT2D eigenvalue weighted by molar-refractivity contribution is -0.126. The molecule has 2 atom stereocenters. The van der Waals surface area contributed by atoms with Crippen molar-refractivity contribution in [1.29, 1.82) is 0 Å². The number of hydrogen-bond acceptors (Lipinski definition) is 5. The zero-order valence-electron chi connectivity index (χ0n) is 16.6. The Kier molecular flexibility index (Phi) is 6.03. The maximum Gasteiger partial charge on any atom is 0.252 e. The zero-order chi connectivity index (χ0) is 21.1. The molecule has 3 heterocycles. The maximum atomic E-state index is 12.9. The molecule has 1 aliphatic rings. The molecule has 3 aromatic rings. The molecule has 4 rings (SSSR count). The number of nitrogens with one attached hydrogen (secondary N) is 1. The lowest BCUT2D eigenvalue weighted by Crippen LogP contribution is -2.45. The molecule has 0 bridgehead atoms. The predicted octanol–water partition coefficient (Wildman–Crippen LogP) is 3.21. The molecule has 0 radical (unpaired) electrons. The summed E-state index contributed by atoms with van der Waals surface area (Å²) in [4.78, 5) is 16.9. The second-order valence-corrected chi connectivity index (χ2v) is 10.5. The third-order valence-corrected chi connectivity index (χ3v) is 8.64. The van der Waals surface area contributed by atoms with E-state index in [9.17, 15) is 13.2 Å². The van der Waals surface area contributed by atoms with Gasteiger partial charge >= 0.3 is 0 Å². The fraction of sp³-hybridized carbons (Fsp3) is 0.333. The number of aromatic nitrogens is 2. The summed E-state index contributed by atoms with van der Waals surface area (Å²) in [6.45, 7) is 2.61. The van der Waals surface area contributed by atoms with E-state index in [0.717, 1.165) is 11.3 Å². The first kappa shape index (κ1) is 20.8. The molecule has 1 aliphatic heterocycles. The van der Waals surface area contributed by atoms with Crippen LogP contribution in [0.4, 0.5) is 0 Å². The molecular weight excluding hydrogens is 420 g/mol. The van der Waals surface area contributed by atoms with Crippen molar-refractivity contribution < 1.29 is 13.2 Å². The van der Waals surface area contributed by atoms with E-state index >= 15 is 0 Å². The molecule has 9 heteroatoms. The quantitative estimate of drug-likeness (QED) is 0.633. The van der Waals surface area contributed by atoms with Crippen LogP contribution >= 0.6 is 11.3 Å². The monoisotopic (exact) mass is 444 g/mol. The minimum absolute atomic E-state index is 0.104. The Bertz CT molecular complexity index is 1080. The summed E-state index contributed by atoms with van der Waals surface area (Å²) >= 11 is 1.21. The van der Waals surface area contributed by atoms with Crippen LogP contribution < -0.4 is 5.32 Å². The van der Waals surface area contributed by atoms with E-state index in [-0.39, 0.29) is 24.4 Å². The minimum atomic E-state index is -3.53. The highest BCUT2D eigenvalue weighted by Crippen LogP contribution is 2.27. The fourth-order valence-electron chi connectivity index (χ4n) is 3.67. The third-order valence-electron chi connectivity index (χ3n) is 5.40. The van der Waals surface area contributed by atoms with Crippen LogP contribution in [-0.2, 0) is 14.8 Å². The fourth-order valence-corrected chi connectivity index (χ4v) is 6.34. The summed E-state index contributed by atoms with van der Waals surface area (Å²) in [5.74, 6) is -0.451. The number of hydrogen-bond donors (Lipinski definition) is 1. The van der Waals surface area contributed by atoms with Gasteiger partial charge in [0.15, 0.2) is 0 Å². The molecule has 30 heavy (non-hydrogen) atoms. The molecule has 0 spiro atoms. The molecular formula is C21H24N4O3S2. The lowest BCUT2D eigenvalue weighted by atomic mass is 9.98. The van der Waals surface area contributed by atoms with Gasteiger partial charge in [0, 0.05) is 31.2 Å². The highest BCUT2D eigenvalue weighted by molar-refractivity contribution is 7.91. The van der Waals surface area contributed by atoms with Crippen molar-refractivity contribution >= 4 is 27.3 Å². The highest BCUT2D eigenvalue weighted by atomic mass is 32.2. The van der Waals surface area contributed by atoms with Crippen molar-refractivity contribution in [3.63, 3.8) is 0 Å². The maximum absolute atomic E-state index is 12.9. The number of thiophene rings is 1. The van der Waals surface area contributed by atoms with Gasteiger partial charge in [-0.25, -0.2) is 13.4 Å². The van der Waals surface area contributed by atoms with Gasteiger partial charge in [0.2, 0.25) is 5.91 Å². The summed E-state index contributed by atoms with van der Waals surface area (Å²) in [6.07, 6.45) is 6.70. The average molecular weight is 445 g/mol. The molecule has 2 aromatic heterocycles. The molecule has 0 saturated carbocycles. The van der Waals surface area contributed by atoms with Crippen LogP contribution in [0.2, 0.25) is 0 Å². The molecule has 0 unspecified atom stereocenters. The summed E-state index contributed by atoms with van der Waals surface area (Å²) in [7, 11) is -3.53. The van der Waals surface area contributed by atoms with Crippen molar-refractivity contribution in [1.82, 2.24) is 19.2 Å². The van der Waals surface area contributed by atoms with Gasteiger partial charge in [-0.15, -0.1) is 11.3 Å². The van der Waals surface area contributed by atoms with Gasteiger partial charge in [-0.05, 0) is 48.9 Å². The minimum Gasteiger partial charge on any atom is -0.349 e. The Hall–Kier alpha value is -2.49. The Morgan fingerprint density at radius 2 is 2.07 bits per heavy atom. The Morgan fingerprint density at radius 1 is 1.27 bits per heavy atom. The second kappa shape index (κ2) is 8.71. The normalized spacial score (nSPS) is 18.8. The topological polar surface area (TPSA) is 84.3 Å². The van der Waals surface area contributed by atoms with Gasteiger partial charge in [0.25, 0.3) is 10.0 Å². The van der Waals surface area contributed by atoms with Crippen LogP contribution in [0, 0.1) is 5.92 Å². The number of imidazole rings is 1. The number of piperidine rings is 1. The average Bonchev–Trinajstić information content (AvgIpc) is 3.48. The molecule has 1 aromatic carbocycles. The largest absolute Gasteiger partial charge is 0.349 e. The second-order valence-electron chi connectivity index (χ2n) is 7.43. The van der Waals surface area contributed by atoms with E-state index in [1.165, 1.54) is 15.6 Å². The van der Waals surface area contributed by atoms with Crippen LogP contribution in [0.25, 0.3) is 5.69 Å². The number of nitrogens with zero attached hydrogens (tertiary/aromatic N) is 3. The first-order valence-electron chi connectivity index (χ1n) is 9.87. The molecule has 1 fully saturated rings. The third kappa shape index (κ3) is 4.33. The van der Waals surface area contributed by atoms with E-state index in [4.69, 9.17) is 0 Å². The van der Waals surface area contributed by atoms with E-state index in [2.05, 4.69) is 10.3 Å². The van der Waals surface area contributed by atoms with Crippen molar-refractivity contribution in [2.24, 2.45) is 5.92 Å². The van der Waals surface area contributed by atoms with Crippen LogP contribution in [-0.4, -0.2) is 41.3 Å². The number of rotatable bonds is 6. The van der Waals surface area contributed by atoms with Crippen LogP contribution in [0.15, 0.2) is 64.7 Å². The number of carbonyl (C=O) groups excluding carboxylic acids is 1. The number of amides is 1. The number of sulfonamides is 1. The smallest absolute Gasteiger partial charge is 0.252 e. The first-order chi connectivity index (χ1) is 14.4. The summed E-state index contributed by atoms with van der Waals surface area (Å²) in [5.41, 5.74) is 1.99. The van der Waals surface area contributed by atoms with Gasteiger partial charge in [-0.3, -0.25) is 4.79 Å². The lowest BCUT2D eigenvalue weighted by Gasteiger charge is -2.31. The molecule has 1 N–H and O–H groups in total. The molecule has 158 valence electrons. The van der Waals surface area contributed by atoms with E-state index in [1.54, 1.807) is 30.0 Å². The van der Waals surface area contributed by atoms with Crippen molar-refractivity contribution in [2.45, 2.75) is 30.0 Å². The Morgan fingerprint density at radius 3 is 2.73 bits per heavy atom.